The van der Waals surface area contributed by atoms with Gasteiger partial charge in [0.05, 0.1) is 15.1 Å². The lowest BCUT2D eigenvalue weighted by Crippen LogP contribution is -2.46. The van der Waals surface area contributed by atoms with Crippen LogP contribution in [-0.2, 0) is 16.4 Å². The molecule has 0 aliphatic heterocycles. The fourth-order valence-corrected chi connectivity index (χ4v) is 6.48. The Hall–Kier alpha value is -0.480. The zero-order valence-corrected chi connectivity index (χ0v) is 26.0. The SMILES string of the molecule is CCCN(CCC)S(=O)(=O)c1ccc(OC[C@H](O)CNC(C)(C)Cc2cccc(Cl)c2Cl)c(Cl)c1Cl.Cl. The van der Waals surface area contributed by atoms with Gasteiger partial charge in [0.1, 0.15) is 28.4 Å². The molecule has 2 aromatic rings. The molecule has 0 heterocycles. The molecular formula is C25H35Cl5N2O4S. The smallest absolute Gasteiger partial charge is 0.244 e. The van der Waals surface area contributed by atoms with E-state index in [9.17, 15) is 13.5 Å². The Kier molecular flexibility index (Phi) is 14.3. The molecule has 2 aromatic carbocycles. The first-order valence-electron chi connectivity index (χ1n) is 11.8. The van der Waals surface area contributed by atoms with Crippen LogP contribution in [0.3, 0.4) is 0 Å². The second-order valence-electron chi connectivity index (χ2n) is 9.21. The standard InChI is InChI=1S/C25H34Cl4N2O4S.ClH/c1-5-12-31(13-6-2)36(33,34)21-11-10-20(23(28)24(21)29)35-16-18(32)15-30-25(3,4)14-17-8-7-9-19(26)22(17)27;/h7-11,18,30,32H,5-6,12-16H2,1-4H3;1H/t18-;/m1./s1. The van der Waals surface area contributed by atoms with Crippen LogP contribution in [0.25, 0.3) is 0 Å². The van der Waals surface area contributed by atoms with Crippen molar-refractivity contribution in [1.29, 1.82) is 0 Å². The second kappa shape index (κ2) is 15.3. The van der Waals surface area contributed by atoms with Crippen molar-refractivity contribution < 1.29 is 18.3 Å². The quantitative estimate of drug-likeness (QED) is 0.236. The fourth-order valence-electron chi connectivity index (χ4n) is 3.68. The van der Waals surface area contributed by atoms with Crippen LogP contribution in [0.2, 0.25) is 20.1 Å². The number of nitrogens with one attached hydrogen (secondary N) is 1. The maximum Gasteiger partial charge on any atom is 0.244 e. The van der Waals surface area contributed by atoms with Crippen molar-refractivity contribution in [2.75, 3.05) is 26.2 Å². The van der Waals surface area contributed by atoms with Crippen LogP contribution in [0, 0.1) is 0 Å². The molecule has 0 saturated carbocycles. The Morgan fingerprint density at radius 2 is 1.62 bits per heavy atom. The molecule has 0 bridgehead atoms. The molecule has 0 aromatic heterocycles. The highest BCUT2D eigenvalue weighted by Gasteiger charge is 2.28. The summed E-state index contributed by atoms with van der Waals surface area (Å²) in [6.07, 6.45) is 1.10. The maximum absolute atomic E-state index is 13.1. The fraction of sp³-hybridized carbons (Fsp3) is 0.520. The highest BCUT2D eigenvalue weighted by Crippen LogP contribution is 2.38. The van der Waals surface area contributed by atoms with E-state index in [0.717, 1.165) is 5.56 Å². The van der Waals surface area contributed by atoms with E-state index in [-0.39, 0.29) is 51.8 Å². The van der Waals surface area contributed by atoms with Crippen molar-refractivity contribution in [1.82, 2.24) is 9.62 Å². The molecule has 6 nitrogen and oxygen atoms in total. The van der Waals surface area contributed by atoms with Crippen molar-refractivity contribution in [3.63, 3.8) is 0 Å². The van der Waals surface area contributed by atoms with Gasteiger partial charge in [0, 0.05) is 25.2 Å². The number of nitrogens with zero attached hydrogens (tertiary/aromatic N) is 1. The molecule has 210 valence electrons. The zero-order valence-electron chi connectivity index (χ0n) is 21.4. The Morgan fingerprint density at radius 1 is 1.00 bits per heavy atom. The molecular weight excluding hydrogens is 602 g/mol. The normalized spacial score (nSPS) is 12.9. The molecule has 2 rings (SSSR count). The number of rotatable bonds is 14. The zero-order chi connectivity index (χ0) is 27.1. The van der Waals surface area contributed by atoms with Crippen LogP contribution in [-0.4, -0.2) is 55.7 Å². The summed E-state index contributed by atoms with van der Waals surface area (Å²) in [5.41, 5.74) is 0.523. The molecule has 0 spiro atoms. The molecule has 0 aliphatic carbocycles. The Bertz CT molecular complexity index is 1130. The van der Waals surface area contributed by atoms with Gasteiger partial charge in [-0.15, -0.1) is 12.4 Å². The molecule has 1 atom stereocenters. The van der Waals surface area contributed by atoms with Gasteiger partial charge in [-0.2, -0.15) is 4.31 Å². The predicted octanol–water partition coefficient (Wildman–Crippen LogP) is 6.88. The maximum atomic E-state index is 13.1. The predicted molar refractivity (Wildman–Crippen MR) is 157 cm³/mol. The highest BCUT2D eigenvalue weighted by atomic mass is 35.5. The van der Waals surface area contributed by atoms with Gasteiger partial charge >= 0.3 is 0 Å². The molecule has 0 aliphatic rings. The summed E-state index contributed by atoms with van der Waals surface area (Å²) in [7, 11) is -3.80. The molecule has 2 N–H and O–H groups in total. The summed E-state index contributed by atoms with van der Waals surface area (Å²) in [6, 6.07) is 8.35. The number of sulfonamides is 1. The summed E-state index contributed by atoms with van der Waals surface area (Å²) in [4.78, 5) is -0.0629. The lowest BCUT2D eigenvalue weighted by atomic mass is 9.94. The number of ether oxygens (including phenoxy) is 1. The molecule has 12 heteroatoms. The number of benzene rings is 2. The largest absolute Gasteiger partial charge is 0.489 e. The van der Waals surface area contributed by atoms with E-state index in [4.69, 9.17) is 51.1 Å². The third-order valence-corrected chi connectivity index (χ3v) is 9.26. The summed E-state index contributed by atoms with van der Waals surface area (Å²) in [5, 5.41) is 14.7. The lowest BCUT2D eigenvalue weighted by molar-refractivity contribution is 0.0988. The minimum Gasteiger partial charge on any atom is -0.489 e. The third-order valence-electron chi connectivity index (χ3n) is 5.49. The molecule has 0 saturated heterocycles. The average molecular weight is 637 g/mol. The van der Waals surface area contributed by atoms with Crippen LogP contribution < -0.4 is 10.1 Å². The van der Waals surface area contributed by atoms with Gasteiger partial charge in [0.25, 0.3) is 0 Å². The van der Waals surface area contributed by atoms with Crippen LogP contribution in [0.1, 0.15) is 46.1 Å². The van der Waals surface area contributed by atoms with E-state index < -0.39 is 16.1 Å². The van der Waals surface area contributed by atoms with Gasteiger partial charge in [-0.1, -0.05) is 72.4 Å². The van der Waals surface area contributed by atoms with E-state index in [1.165, 1.54) is 16.4 Å². The number of halogens is 5. The summed E-state index contributed by atoms with van der Waals surface area (Å²) < 4.78 is 33.3. The van der Waals surface area contributed by atoms with Crippen LogP contribution >= 0.6 is 58.8 Å². The highest BCUT2D eigenvalue weighted by molar-refractivity contribution is 7.89. The molecule has 0 unspecified atom stereocenters. The summed E-state index contributed by atoms with van der Waals surface area (Å²) in [5.74, 6) is 0.196. The first-order chi connectivity index (χ1) is 16.8. The Labute approximate surface area is 247 Å². The second-order valence-corrected chi connectivity index (χ2v) is 12.7. The minimum atomic E-state index is -3.80. The molecule has 37 heavy (non-hydrogen) atoms. The van der Waals surface area contributed by atoms with E-state index >= 15 is 0 Å². The number of β-amino-alcohol motifs (C(OH)–C–C–N with tert-alkyl or cyclic N) is 1. The van der Waals surface area contributed by atoms with Crippen molar-refractivity contribution >= 4 is 68.8 Å². The Balaban J connectivity index is 0.00000684. The van der Waals surface area contributed by atoms with Crippen molar-refractivity contribution in [3.05, 3.63) is 56.0 Å². The van der Waals surface area contributed by atoms with Crippen molar-refractivity contribution in [2.45, 2.75) is 63.5 Å². The lowest BCUT2D eigenvalue weighted by Gasteiger charge is -2.28. The Morgan fingerprint density at radius 3 is 2.22 bits per heavy atom. The van der Waals surface area contributed by atoms with Crippen LogP contribution in [0.5, 0.6) is 5.75 Å². The van der Waals surface area contributed by atoms with E-state index in [0.29, 0.717) is 42.4 Å². The third kappa shape index (κ3) is 9.59. The topological polar surface area (TPSA) is 78.9 Å². The first-order valence-corrected chi connectivity index (χ1v) is 14.8. The first kappa shape index (κ1) is 34.5. The number of hydrogen-bond acceptors (Lipinski definition) is 5. The van der Waals surface area contributed by atoms with Gasteiger partial charge in [-0.25, -0.2) is 8.42 Å². The van der Waals surface area contributed by atoms with Gasteiger partial charge < -0.3 is 15.2 Å². The number of aliphatic hydroxyl groups excluding tert-OH is 1. The number of aliphatic hydroxyl groups is 1. The van der Waals surface area contributed by atoms with Gasteiger partial charge in [-0.05, 0) is 56.9 Å². The molecule has 0 radical (unpaired) electrons. The van der Waals surface area contributed by atoms with Gasteiger partial charge in [0.15, 0.2) is 0 Å². The van der Waals surface area contributed by atoms with E-state index in [1.54, 1.807) is 6.07 Å². The van der Waals surface area contributed by atoms with Crippen molar-refractivity contribution in [2.24, 2.45) is 0 Å². The monoisotopic (exact) mass is 634 g/mol. The van der Waals surface area contributed by atoms with E-state index in [2.05, 4.69) is 5.32 Å². The van der Waals surface area contributed by atoms with Crippen LogP contribution in [0.15, 0.2) is 35.2 Å². The van der Waals surface area contributed by atoms with Gasteiger partial charge in [-0.3, -0.25) is 0 Å². The van der Waals surface area contributed by atoms with E-state index in [1.807, 2.05) is 39.8 Å². The average Bonchev–Trinajstić information content (AvgIpc) is 2.81. The molecule has 0 fully saturated rings. The minimum absolute atomic E-state index is 0. The number of hydrogen-bond donors (Lipinski definition) is 2. The summed E-state index contributed by atoms with van der Waals surface area (Å²) >= 11 is 25.1. The van der Waals surface area contributed by atoms with Gasteiger partial charge in [0.2, 0.25) is 10.0 Å². The van der Waals surface area contributed by atoms with Crippen molar-refractivity contribution in [3.8, 4) is 5.75 Å². The van der Waals surface area contributed by atoms with Crippen LogP contribution in [0.4, 0.5) is 0 Å². The molecule has 0 amide bonds. The summed E-state index contributed by atoms with van der Waals surface area (Å²) in [6.45, 7) is 8.77.